The summed E-state index contributed by atoms with van der Waals surface area (Å²) in [6.45, 7) is 3.39. The van der Waals surface area contributed by atoms with Crippen molar-refractivity contribution in [1.29, 1.82) is 0 Å². The van der Waals surface area contributed by atoms with E-state index >= 15 is 0 Å². The molecule has 2 aliphatic heterocycles. The van der Waals surface area contributed by atoms with E-state index in [1.54, 1.807) is 4.57 Å². The van der Waals surface area contributed by atoms with Gasteiger partial charge in [-0.15, -0.1) is 0 Å². The molecule has 0 bridgehead atoms. The molecule has 2 aliphatic rings. The number of fused-ring (bicyclic) bond motifs is 1. The first-order chi connectivity index (χ1) is 14.8. The highest BCUT2D eigenvalue weighted by atomic mass is 19.4. The zero-order valence-electron chi connectivity index (χ0n) is 17.2. The zero-order chi connectivity index (χ0) is 22.0. The summed E-state index contributed by atoms with van der Waals surface area (Å²) in [6, 6.07) is 4.15. The molecule has 1 amide bonds. The Morgan fingerprint density at radius 1 is 1.10 bits per heavy atom. The molecule has 1 fully saturated rings. The highest BCUT2D eigenvalue weighted by molar-refractivity contribution is 5.94. The Labute approximate surface area is 177 Å². The largest absolute Gasteiger partial charge is 0.416 e. The number of hydrogen-bond donors (Lipinski definition) is 1. The Morgan fingerprint density at radius 3 is 2.58 bits per heavy atom. The molecule has 7 nitrogen and oxygen atoms in total. The summed E-state index contributed by atoms with van der Waals surface area (Å²) in [7, 11) is 0. The van der Waals surface area contributed by atoms with Gasteiger partial charge >= 0.3 is 11.9 Å². The first kappa shape index (κ1) is 21.6. The lowest BCUT2D eigenvalue weighted by atomic mass is 10.0. The maximum atomic E-state index is 12.7. The zero-order valence-corrected chi connectivity index (χ0v) is 17.2. The van der Waals surface area contributed by atoms with Crippen molar-refractivity contribution in [3.05, 3.63) is 51.7 Å². The van der Waals surface area contributed by atoms with Crippen molar-refractivity contribution >= 4 is 5.91 Å². The molecule has 1 aromatic heterocycles. The number of benzene rings is 1. The van der Waals surface area contributed by atoms with Crippen LogP contribution in [0.4, 0.5) is 13.2 Å². The van der Waals surface area contributed by atoms with Crippen LogP contribution in [-0.2, 0) is 25.7 Å². The minimum absolute atomic E-state index is 0.0566. The number of nitrogens with zero attached hydrogens (tertiary/aromatic N) is 4. The van der Waals surface area contributed by atoms with E-state index < -0.39 is 11.7 Å². The average molecular weight is 437 g/mol. The Hall–Kier alpha value is -2.62. The number of piperidine rings is 1. The van der Waals surface area contributed by atoms with Gasteiger partial charge in [-0.05, 0) is 56.5 Å². The number of hydrogen-bond acceptors (Lipinski definition) is 4. The first-order valence-electron chi connectivity index (χ1n) is 10.7. The predicted molar refractivity (Wildman–Crippen MR) is 108 cm³/mol. The van der Waals surface area contributed by atoms with E-state index in [0.29, 0.717) is 19.6 Å². The van der Waals surface area contributed by atoms with Crippen LogP contribution in [0.15, 0.2) is 29.1 Å². The molecule has 1 N–H and O–H groups in total. The van der Waals surface area contributed by atoms with Crippen LogP contribution in [0.5, 0.6) is 0 Å². The van der Waals surface area contributed by atoms with Crippen molar-refractivity contribution in [2.24, 2.45) is 0 Å². The van der Waals surface area contributed by atoms with E-state index in [1.165, 1.54) is 16.8 Å². The third-order valence-electron chi connectivity index (χ3n) is 5.97. The third-order valence-corrected chi connectivity index (χ3v) is 5.97. The van der Waals surface area contributed by atoms with Crippen LogP contribution >= 0.6 is 0 Å². The summed E-state index contributed by atoms with van der Waals surface area (Å²) in [5, 5.41) is 7.38. The molecule has 2 aromatic rings. The van der Waals surface area contributed by atoms with E-state index in [9.17, 15) is 22.8 Å². The molecule has 168 valence electrons. The summed E-state index contributed by atoms with van der Waals surface area (Å²) in [6.07, 6.45) is 0.182. The number of nitrogens with one attached hydrogen (secondary N) is 1. The second-order valence-corrected chi connectivity index (χ2v) is 8.22. The highest BCUT2D eigenvalue weighted by Crippen LogP contribution is 2.29. The minimum Gasteiger partial charge on any atom is -0.348 e. The number of carbonyl (C=O) groups is 1. The van der Waals surface area contributed by atoms with Crippen LogP contribution in [0.1, 0.15) is 47.4 Å². The molecule has 1 aromatic carbocycles. The van der Waals surface area contributed by atoms with E-state index in [4.69, 9.17) is 0 Å². The first-order valence-corrected chi connectivity index (χ1v) is 10.7. The van der Waals surface area contributed by atoms with Gasteiger partial charge < -0.3 is 5.32 Å². The summed E-state index contributed by atoms with van der Waals surface area (Å²) >= 11 is 0. The lowest BCUT2D eigenvalue weighted by Crippen LogP contribution is -2.48. The highest BCUT2D eigenvalue weighted by Gasteiger charge is 2.30. The molecule has 1 atom stereocenters. The van der Waals surface area contributed by atoms with Gasteiger partial charge in [0.15, 0.2) is 0 Å². The number of rotatable bonds is 5. The molecular formula is C21H26F3N5O2. The Balaban J connectivity index is 1.31. The van der Waals surface area contributed by atoms with Crippen LogP contribution in [0.2, 0.25) is 0 Å². The molecule has 0 saturated carbocycles. The fourth-order valence-corrected chi connectivity index (χ4v) is 4.29. The average Bonchev–Trinajstić information content (AvgIpc) is 3.08. The van der Waals surface area contributed by atoms with Crippen LogP contribution in [0.25, 0.3) is 0 Å². The standard InChI is InChI=1S/C21H26F3N5O2/c22-21(23,24)16-8-6-15(7-9-16)19(30)25-17-4-3-10-27(14-17)12-13-29-20(31)28-11-2-1-5-18(28)26-29/h6-9,17H,1-5,10-14H2,(H,25,30). The van der Waals surface area contributed by atoms with E-state index in [0.717, 1.165) is 63.2 Å². The van der Waals surface area contributed by atoms with Gasteiger partial charge in [0.1, 0.15) is 5.82 Å². The van der Waals surface area contributed by atoms with E-state index in [2.05, 4.69) is 15.3 Å². The Kier molecular flexibility index (Phi) is 6.17. The van der Waals surface area contributed by atoms with Crippen molar-refractivity contribution in [2.75, 3.05) is 19.6 Å². The normalized spacial score (nSPS) is 19.8. The molecular weight excluding hydrogens is 411 g/mol. The number of carbonyl (C=O) groups excluding carboxylic acids is 1. The molecule has 0 aliphatic carbocycles. The quantitative estimate of drug-likeness (QED) is 0.779. The van der Waals surface area contributed by atoms with Crippen LogP contribution in [0, 0.1) is 0 Å². The van der Waals surface area contributed by atoms with Gasteiger partial charge in [-0.25, -0.2) is 9.48 Å². The van der Waals surface area contributed by atoms with Crippen molar-refractivity contribution < 1.29 is 18.0 Å². The van der Waals surface area contributed by atoms with Gasteiger partial charge in [-0.1, -0.05) is 0 Å². The lowest BCUT2D eigenvalue weighted by molar-refractivity contribution is -0.137. The minimum atomic E-state index is -4.42. The Morgan fingerprint density at radius 2 is 1.87 bits per heavy atom. The Bertz CT molecular complexity index is 980. The summed E-state index contributed by atoms with van der Waals surface area (Å²) in [5.74, 6) is 0.482. The number of halogens is 3. The SMILES string of the molecule is O=C(NC1CCCN(CCn2nc3n(c2=O)CCCC3)C1)c1ccc(C(F)(F)F)cc1. The second kappa shape index (κ2) is 8.86. The number of amides is 1. The topological polar surface area (TPSA) is 72.2 Å². The van der Waals surface area contributed by atoms with Gasteiger partial charge in [0.2, 0.25) is 0 Å². The third kappa shape index (κ3) is 5.00. The van der Waals surface area contributed by atoms with Gasteiger partial charge in [-0.2, -0.15) is 18.3 Å². The van der Waals surface area contributed by atoms with Crippen LogP contribution in [0.3, 0.4) is 0 Å². The van der Waals surface area contributed by atoms with Gasteiger partial charge in [0.25, 0.3) is 5.91 Å². The van der Waals surface area contributed by atoms with Crippen molar-refractivity contribution in [3.63, 3.8) is 0 Å². The van der Waals surface area contributed by atoms with Crippen LogP contribution < -0.4 is 11.0 Å². The smallest absolute Gasteiger partial charge is 0.348 e. The van der Waals surface area contributed by atoms with Crippen molar-refractivity contribution in [1.82, 2.24) is 24.6 Å². The molecule has 4 rings (SSSR count). The fourth-order valence-electron chi connectivity index (χ4n) is 4.29. The molecule has 1 unspecified atom stereocenters. The number of aryl methyl sites for hydroxylation is 1. The van der Waals surface area contributed by atoms with Gasteiger partial charge in [-0.3, -0.25) is 14.3 Å². The number of likely N-dealkylation sites (tertiary alicyclic amines) is 1. The molecule has 10 heteroatoms. The maximum Gasteiger partial charge on any atom is 0.416 e. The molecule has 1 saturated heterocycles. The van der Waals surface area contributed by atoms with Crippen molar-refractivity contribution in [3.8, 4) is 0 Å². The van der Waals surface area contributed by atoms with Crippen LogP contribution in [-0.4, -0.2) is 50.8 Å². The van der Waals surface area contributed by atoms with E-state index in [1.807, 2.05) is 0 Å². The van der Waals surface area contributed by atoms with Gasteiger partial charge in [0, 0.05) is 37.7 Å². The summed E-state index contributed by atoms with van der Waals surface area (Å²) in [4.78, 5) is 27.1. The maximum absolute atomic E-state index is 12.7. The lowest BCUT2D eigenvalue weighted by Gasteiger charge is -2.33. The molecule has 0 spiro atoms. The molecule has 31 heavy (non-hydrogen) atoms. The number of alkyl halides is 3. The van der Waals surface area contributed by atoms with Crippen molar-refractivity contribution in [2.45, 2.75) is 57.4 Å². The van der Waals surface area contributed by atoms with E-state index in [-0.39, 0.29) is 23.2 Å². The second-order valence-electron chi connectivity index (χ2n) is 8.22. The van der Waals surface area contributed by atoms with Gasteiger partial charge in [0.05, 0.1) is 12.1 Å². The number of aromatic nitrogens is 3. The predicted octanol–water partition coefficient (Wildman–Crippen LogP) is 2.29. The summed E-state index contributed by atoms with van der Waals surface area (Å²) in [5.41, 5.74) is -0.622. The monoisotopic (exact) mass is 437 g/mol. The molecule has 3 heterocycles. The molecule has 0 radical (unpaired) electrons. The fraction of sp³-hybridized carbons (Fsp3) is 0.571. The summed E-state index contributed by atoms with van der Waals surface area (Å²) < 4.78 is 41.4.